The van der Waals surface area contributed by atoms with Crippen molar-refractivity contribution in [2.24, 2.45) is 5.92 Å². The molecule has 0 bridgehead atoms. The Bertz CT molecular complexity index is 734. The van der Waals surface area contributed by atoms with Crippen molar-refractivity contribution >= 4 is 10.0 Å². The molecular weight excluding hydrogens is 288 g/mol. The number of nitrogens with one attached hydrogen (secondary N) is 1. The molecule has 21 heavy (non-hydrogen) atoms. The lowest BCUT2D eigenvalue weighted by atomic mass is 10.1. The van der Waals surface area contributed by atoms with Gasteiger partial charge in [-0.3, -0.25) is 4.98 Å². The van der Waals surface area contributed by atoms with E-state index in [1.54, 1.807) is 32.3 Å². The highest BCUT2D eigenvalue weighted by Crippen LogP contribution is 2.41. The van der Waals surface area contributed by atoms with Crippen LogP contribution in [0.3, 0.4) is 0 Å². The van der Waals surface area contributed by atoms with Crippen LogP contribution in [0.2, 0.25) is 0 Å². The maximum Gasteiger partial charge on any atom is 0.244 e. The first-order chi connectivity index (χ1) is 9.97. The molecule has 1 aliphatic rings. The molecule has 0 spiro atoms. The zero-order chi connectivity index (χ0) is 15.0. The average Bonchev–Trinajstić information content (AvgIpc) is 3.22. The standard InChI is InChI=1S/C15H18N2O3S/c1-10-8-14(11(2)20-10)21(18,19)17-15(12-5-6-12)13-4-3-7-16-9-13/h3-4,7-9,12,15,17H,5-6H2,1-2H3. The van der Waals surface area contributed by atoms with Gasteiger partial charge in [0.05, 0.1) is 6.04 Å². The van der Waals surface area contributed by atoms with Crippen molar-refractivity contribution < 1.29 is 12.8 Å². The molecule has 0 aromatic carbocycles. The first-order valence-electron chi connectivity index (χ1n) is 6.96. The molecule has 2 aromatic rings. The molecule has 1 unspecified atom stereocenters. The van der Waals surface area contributed by atoms with Gasteiger partial charge in [0.2, 0.25) is 10.0 Å². The monoisotopic (exact) mass is 306 g/mol. The zero-order valence-electron chi connectivity index (χ0n) is 12.0. The summed E-state index contributed by atoms with van der Waals surface area (Å²) in [6.45, 7) is 3.41. The molecule has 1 atom stereocenters. The van der Waals surface area contributed by atoms with Crippen LogP contribution in [0.15, 0.2) is 39.9 Å². The summed E-state index contributed by atoms with van der Waals surface area (Å²) in [5.74, 6) is 1.36. The van der Waals surface area contributed by atoms with E-state index in [9.17, 15) is 8.42 Å². The highest BCUT2D eigenvalue weighted by atomic mass is 32.2. The van der Waals surface area contributed by atoms with Gasteiger partial charge in [0, 0.05) is 12.4 Å². The van der Waals surface area contributed by atoms with Crippen LogP contribution in [-0.4, -0.2) is 13.4 Å². The highest BCUT2D eigenvalue weighted by Gasteiger charge is 2.36. The normalized spacial score (nSPS) is 16.9. The smallest absolute Gasteiger partial charge is 0.244 e. The number of hydrogen-bond donors (Lipinski definition) is 1. The van der Waals surface area contributed by atoms with Crippen molar-refractivity contribution in [2.75, 3.05) is 0 Å². The quantitative estimate of drug-likeness (QED) is 0.922. The minimum absolute atomic E-state index is 0.217. The van der Waals surface area contributed by atoms with Crippen molar-refractivity contribution in [3.05, 3.63) is 47.7 Å². The van der Waals surface area contributed by atoms with Crippen LogP contribution in [-0.2, 0) is 10.0 Å². The summed E-state index contributed by atoms with van der Waals surface area (Å²) < 4.78 is 33.3. The molecule has 3 rings (SSSR count). The van der Waals surface area contributed by atoms with Gasteiger partial charge in [-0.2, -0.15) is 0 Å². The van der Waals surface area contributed by atoms with E-state index in [-0.39, 0.29) is 10.9 Å². The SMILES string of the molecule is Cc1cc(S(=O)(=O)NC(c2cccnc2)C2CC2)c(C)o1. The Kier molecular flexibility index (Phi) is 3.59. The Morgan fingerprint density at radius 2 is 2.14 bits per heavy atom. The molecule has 0 saturated heterocycles. The molecule has 0 aliphatic heterocycles. The number of aromatic nitrogens is 1. The van der Waals surface area contributed by atoms with Gasteiger partial charge in [-0.15, -0.1) is 0 Å². The Labute approximate surface area is 124 Å². The third kappa shape index (κ3) is 3.01. The van der Waals surface area contributed by atoms with Gasteiger partial charge >= 0.3 is 0 Å². The Morgan fingerprint density at radius 1 is 1.38 bits per heavy atom. The second kappa shape index (κ2) is 5.27. The molecule has 1 saturated carbocycles. The third-order valence-electron chi connectivity index (χ3n) is 3.70. The van der Waals surface area contributed by atoms with Crippen LogP contribution >= 0.6 is 0 Å². The largest absolute Gasteiger partial charge is 0.465 e. The number of rotatable bonds is 5. The average molecular weight is 306 g/mol. The molecular formula is C15H18N2O3S. The van der Waals surface area contributed by atoms with E-state index in [1.165, 1.54) is 0 Å². The van der Waals surface area contributed by atoms with Gasteiger partial charge in [0.1, 0.15) is 16.4 Å². The molecule has 0 radical (unpaired) electrons. The van der Waals surface area contributed by atoms with Crippen molar-refractivity contribution in [2.45, 2.75) is 37.6 Å². The Morgan fingerprint density at radius 3 is 2.67 bits per heavy atom. The van der Waals surface area contributed by atoms with E-state index < -0.39 is 10.0 Å². The number of furan rings is 1. The molecule has 1 aliphatic carbocycles. The first-order valence-corrected chi connectivity index (χ1v) is 8.45. The molecule has 2 aromatic heterocycles. The van der Waals surface area contributed by atoms with Gasteiger partial charge < -0.3 is 4.42 Å². The fraction of sp³-hybridized carbons (Fsp3) is 0.400. The van der Waals surface area contributed by atoms with E-state index >= 15 is 0 Å². The van der Waals surface area contributed by atoms with Crippen molar-refractivity contribution in [3.63, 3.8) is 0 Å². The number of pyridine rings is 1. The summed E-state index contributed by atoms with van der Waals surface area (Å²) in [4.78, 5) is 4.30. The van der Waals surface area contributed by atoms with Gasteiger partial charge in [-0.05, 0) is 50.3 Å². The van der Waals surface area contributed by atoms with Crippen LogP contribution in [0, 0.1) is 19.8 Å². The van der Waals surface area contributed by atoms with Crippen LogP contribution in [0.25, 0.3) is 0 Å². The molecule has 2 heterocycles. The highest BCUT2D eigenvalue weighted by molar-refractivity contribution is 7.89. The minimum Gasteiger partial charge on any atom is -0.465 e. The predicted molar refractivity (Wildman–Crippen MR) is 78.2 cm³/mol. The van der Waals surface area contributed by atoms with E-state index in [2.05, 4.69) is 9.71 Å². The summed E-state index contributed by atoms with van der Waals surface area (Å²) in [6.07, 6.45) is 5.47. The van der Waals surface area contributed by atoms with Crippen molar-refractivity contribution in [1.29, 1.82) is 0 Å². The van der Waals surface area contributed by atoms with Gasteiger partial charge in [-0.1, -0.05) is 6.07 Å². The molecule has 112 valence electrons. The van der Waals surface area contributed by atoms with Crippen LogP contribution in [0.1, 0.15) is 36.0 Å². The van der Waals surface area contributed by atoms with Crippen molar-refractivity contribution in [1.82, 2.24) is 9.71 Å². The minimum atomic E-state index is -3.59. The molecule has 6 heteroatoms. The van der Waals surface area contributed by atoms with Crippen LogP contribution in [0.4, 0.5) is 0 Å². The summed E-state index contributed by atoms with van der Waals surface area (Å²) in [5.41, 5.74) is 0.904. The van der Waals surface area contributed by atoms with Crippen LogP contribution in [0.5, 0.6) is 0 Å². The number of hydrogen-bond acceptors (Lipinski definition) is 4. The fourth-order valence-corrected chi connectivity index (χ4v) is 4.06. The lowest BCUT2D eigenvalue weighted by molar-refractivity contribution is 0.492. The summed E-state index contributed by atoms with van der Waals surface area (Å²) in [6, 6.07) is 5.07. The molecule has 1 N–H and O–H groups in total. The third-order valence-corrected chi connectivity index (χ3v) is 5.25. The summed E-state index contributed by atoms with van der Waals surface area (Å²) >= 11 is 0. The summed E-state index contributed by atoms with van der Waals surface area (Å²) in [7, 11) is -3.59. The molecule has 1 fully saturated rings. The lowest BCUT2D eigenvalue weighted by Crippen LogP contribution is -2.30. The van der Waals surface area contributed by atoms with Gasteiger partial charge in [-0.25, -0.2) is 13.1 Å². The van der Waals surface area contributed by atoms with E-state index in [4.69, 9.17) is 4.42 Å². The maximum absolute atomic E-state index is 12.6. The van der Waals surface area contributed by atoms with E-state index in [0.29, 0.717) is 17.4 Å². The zero-order valence-corrected chi connectivity index (χ0v) is 12.9. The van der Waals surface area contributed by atoms with Gasteiger partial charge in [0.25, 0.3) is 0 Å². The van der Waals surface area contributed by atoms with Crippen LogP contribution < -0.4 is 4.72 Å². The maximum atomic E-state index is 12.6. The second-order valence-electron chi connectivity index (χ2n) is 5.50. The molecule has 5 nitrogen and oxygen atoms in total. The second-order valence-corrected chi connectivity index (χ2v) is 7.18. The Balaban J connectivity index is 1.91. The lowest BCUT2D eigenvalue weighted by Gasteiger charge is -2.18. The van der Waals surface area contributed by atoms with Gasteiger partial charge in [0.15, 0.2) is 0 Å². The number of nitrogens with zero attached hydrogens (tertiary/aromatic N) is 1. The topological polar surface area (TPSA) is 72.2 Å². The van der Waals surface area contributed by atoms with E-state index in [1.807, 2.05) is 12.1 Å². The number of aryl methyl sites for hydroxylation is 2. The summed E-state index contributed by atoms with van der Waals surface area (Å²) in [5, 5.41) is 0. The molecule has 0 amide bonds. The van der Waals surface area contributed by atoms with E-state index in [0.717, 1.165) is 18.4 Å². The Hall–Kier alpha value is -1.66. The fourth-order valence-electron chi connectivity index (χ4n) is 2.53. The van der Waals surface area contributed by atoms with Crippen molar-refractivity contribution in [3.8, 4) is 0 Å². The number of sulfonamides is 1. The predicted octanol–water partition coefficient (Wildman–Crippen LogP) is 2.72. The first kappa shape index (κ1) is 14.3.